The summed E-state index contributed by atoms with van der Waals surface area (Å²) in [4.78, 5) is 8.79. The van der Waals surface area contributed by atoms with Gasteiger partial charge in [0.05, 0.1) is 15.2 Å². The fraction of sp³-hybridized carbons (Fsp3) is 0.286. The minimum atomic E-state index is 0.632. The van der Waals surface area contributed by atoms with Crippen LogP contribution < -0.4 is 10.6 Å². The van der Waals surface area contributed by atoms with Crippen molar-refractivity contribution < 1.29 is 0 Å². The second kappa shape index (κ2) is 6.90. The normalized spacial score (nSPS) is 10.4. The summed E-state index contributed by atoms with van der Waals surface area (Å²) in [5.74, 6) is 1.37. The number of hydrogen-bond donors (Lipinski definition) is 2. The summed E-state index contributed by atoms with van der Waals surface area (Å²) in [6.07, 6.45) is 1.03. The van der Waals surface area contributed by atoms with E-state index >= 15 is 0 Å². The largest absolute Gasteiger partial charge is 0.354 e. The summed E-state index contributed by atoms with van der Waals surface area (Å²) >= 11 is 9.54. The minimum absolute atomic E-state index is 0.632. The molecule has 2 aromatic rings. The van der Waals surface area contributed by atoms with Crippen LogP contribution in [0.15, 0.2) is 28.7 Å². The molecule has 0 unspecified atom stereocenters. The predicted octanol–water partition coefficient (Wildman–Crippen LogP) is 4.77. The van der Waals surface area contributed by atoms with Crippen molar-refractivity contribution in [3.63, 3.8) is 0 Å². The van der Waals surface area contributed by atoms with Gasteiger partial charge in [0.2, 0.25) is 5.95 Å². The molecule has 1 heterocycles. The molecule has 0 aliphatic rings. The highest BCUT2D eigenvalue weighted by Crippen LogP contribution is 2.31. The number of hydrogen-bond acceptors (Lipinski definition) is 4. The maximum absolute atomic E-state index is 6.08. The molecular weight excluding hydrogens is 340 g/mol. The van der Waals surface area contributed by atoms with E-state index < -0.39 is 0 Å². The smallest absolute Gasteiger partial charge is 0.224 e. The zero-order valence-corrected chi connectivity index (χ0v) is 13.7. The van der Waals surface area contributed by atoms with Gasteiger partial charge in [-0.15, -0.1) is 0 Å². The third kappa shape index (κ3) is 3.84. The van der Waals surface area contributed by atoms with Crippen LogP contribution in [0.1, 0.15) is 19.0 Å². The highest BCUT2D eigenvalue weighted by molar-refractivity contribution is 9.10. The third-order valence-corrected chi connectivity index (χ3v) is 4.00. The van der Waals surface area contributed by atoms with Gasteiger partial charge in [-0.25, -0.2) is 4.98 Å². The van der Waals surface area contributed by atoms with Gasteiger partial charge in [0.1, 0.15) is 5.82 Å². The molecule has 20 heavy (non-hydrogen) atoms. The average molecular weight is 356 g/mol. The summed E-state index contributed by atoms with van der Waals surface area (Å²) in [6.45, 7) is 4.89. The van der Waals surface area contributed by atoms with Crippen LogP contribution in [-0.2, 0) is 0 Å². The lowest BCUT2D eigenvalue weighted by molar-refractivity contribution is 0.947. The fourth-order valence-electron chi connectivity index (χ4n) is 1.69. The summed E-state index contributed by atoms with van der Waals surface area (Å²) < 4.78 is 0.820. The molecular formula is C14H16BrClN4. The number of anilines is 3. The summed E-state index contributed by atoms with van der Waals surface area (Å²) in [5, 5.41) is 7.09. The monoisotopic (exact) mass is 354 g/mol. The second-order valence-corrected chi connectivity index (χ2v) is 5.57. The lowest BCUT2D eigenvalue weighted by Gasteiger charge is -2.11. The lowest BCUT2D eigenvalue weighted by Crippen LogP contribution is -2.07. The van der Waals surface area contributed by atoms with Crippen molar-refractivity contribution in [2.45, 2.75) is 20.3 Å². The first-order valence-electron chi connectivity index (χ1n) is 6.40. The summed E-state index contributed by atoms with van der Waals surface area (Å²) in [5.41, 5.74) is 1.77. The number of aryl methyl sites for hydroxylation is 1. The molecule has 0 aliphatic heterocycles. The van der Waals surface area contributed by atoms with Crippen molar-refractivity contribution in [3.05, 3.63) is 39.5 Å². The van der Waals surface area contributed by atoms with Crippen molar-refractivity contribution in [3.8, 4) is 0 Å². The first-order valence-corrected chi connectivity index (χ1v) is 7.58. The second-order valence-electron chi connectivity index (χ2n) is 4.37. The first kappa shape index (κ1) is 15.1. The average Bonchev–Trinajstić information content (AvgIpc) is 2.41. The molecule has 0 saturated carbocycles. The van der Waals surface area contributed by atoms with Crippen LogP contribution in [0.4, 0.5) is 17.5 Å². The molecule has 2 rings (SSSR count). The SMILES string of the molecule is CCCNc1nc(C)cc(Nc2cccc(Cl)c2Br)n1. The Kier molecular flexibility index (Phi) is 5.20. The van der Waals surface area contributed by atoms with Gasteiger partial charge in [-0.05, 0) is 41.4 Å². The van der Waals surface area contributed by atoms with Crippen LogP contribution in [0.3, 0.4) is 0 Å². The maximum Gasteiger partial charge on any atom is 0.224 e. The molecule has 2 N–H and O–H groups in total. The Balaban J connectivity index is 2.24. The highest BCUT2D eigenvalue weighted by Gasteiger charge is 2.06. The molecule has 1 aromatic carbocycles. The van der Waals surface area contributed by atoms with E-state index in [1.54, 1.807) is 0 Å². The zero-order chi connectivity index (χ0) is 14.5. The quantitative estimate of drug-likeness (QED) is 0.811. The molecule has 6 heteroatoms. The summed E-state index contributed by atoms with van der Waals surface area (Å²) in [7, 11) is 0. The van der Waals surface area contributed by atoms with E-state index in [1.165, 1.54) is 0 Å². The van der Waals surface area contributed by atoms with E-state index in [2.05, 4.69) is 43.5 Å². The molecule has 4 nitrogen and oxygen atoms in total. The predicted molar refractivity (Wildman–Crippen MR) is 88.0 cm³/mol. The van der Waals surface area contributed by atoms with Gasteiger partial charge in [0.25, 0.3) is 0 Å². The van der Waals surface area contributed by atoms with Crippen molar-refractivity contribution in [2.24, 2.45) is 0 Å². The standard InChI is InChI=1S/C14H16BrClN4/c1-3-7-17-14-18-9(2)8-12(20-14)19-11-6-4-5-10(16)13(11)15/h4-6,8H,3,7H2,1-2H3,(H2,17,18,19,20). The molecule has 0 spiro atoms. The van der Waals surface area contributed by atoms with E-state index in [1.807, 2.05) is 31.2 Å². The van der Waals surface area contributed by atoms with Crippen LogP contribution in [0.2, 0.25) is 5.02 Å². The summed E-state index contributed by atoms with van der Waals surface area (Å²) in [6, 6.07) is 7.55. The molecule has 1 aromatic heterocycles. The molecule has 0 saturated heterocycles. The van der Waals surface area contributed by atoms with E-state index in [0.29, 0.717) is 11.0 Å². The van der Waals surface area contributed by atoms with E-state index in [-0.39, 0.29) is 0 Å². The maximum atomic E-state index is 6.08. The minimum Gasteiger partial charge on any atom is -0.354 e. The molecule has 106 valence electrons. The van der Waals surface area contributed by atoms with Crippen LogP contribution in [0.25, 0.3) is 0 Å². The van der Waals surface area contributed by atoms with Gasteiger partial charge >= 0.3 is 0 Å². The topological polar surface area (TPSA) is 49.8 Å². The Morgan fingerprint density at radius 2 is 2.10 bits per heavy atom. The Labute approximate surface area is 132 Å². The Bertz CT molecular complexity index is 604. The van der Waals surface area contributed by atoms with Gasteiger partial charge in [0.15, 0.2) is 0 Å². The van der Waals surface area contributed by atoms with Crippen LogP contribution >= 0.6 is 27.5 Å². The number of benzene rings is 1. The van der Waals surface area contributed by atoms with Crippen LogP contribution in [0.5, 0.6) is 0 Å². The van der Waals surface area contributed by atoms with Crippen molar-refractivity contribution in [2.75, 3.05) is 17.2 Å². The van der Waals surface area contributed by atoms with Crippen LogP contribution in [-0.4, -0.2) is 16.5 Å². The molecule has 0 amide bonds. The van der Waals surface area contributed by atoms with Crippen molar-refractivity contribution in [1.82, 2.24) is 9.97 Å². The van der Waals surface area contributed by atoms with Gasteiger partial charge in [0, 0.05) is 18.3 Å². The van der Waals surface area contributed by atoms with E-state index in [0.717, 1.165) is 34.6 Å². The van der Waals surface area contributed by atoms with E-state index in [4.69, 9.17) is 11.6 Å². The van der Waals surface area contributed by atoms with Gasteiger partial charge in [-0.2, -0.15) is 4.98 Å². The molecule has 0 fully saturated rings. The van der Waals surface area contributed by atoms with Crippen LogP contribution in [0, 0.1) is 6.92 Å². The van der Waals surface area contributed by atoms with Crippen molar-refractivity contribution >= 4 is 45.0 Å². The molecule has 0 bridgehead atoms. The third-order valence-electron chi connectivity index (χ3n) is 2.60. The lowest BCUT2D eigenvalue weighted by atomic mass is 10.3. The molecule has 0 aliphatic carbocycles. The number of rotatable bonds is 5. The fourth-order valence-corrected chi connectivity index (χ4v) is 2.22. The Morgan fingerprint density at radius 3 is 2.85 bits per heavy atom. The number of halogens is 2. The number of nitrogens with zero attached hydrogens (tertiary/aromatic N) is 2. The Morgan fingerprint density at radius 1 is 1.30 bits per heavy atom. The van der Waals surface area contributed by atoms with Gasteiger partial charge in [-0.3, -0.25) is 0 Å². The zero-order valence-electron chi connectivity index (χ0n) is 11.4. The van der Waals surface area contributed by atoms with Gasteiger partial charge in [-0.1, -0.05) is 24.6 Å². The van der Waals surface area contributed by atoms with Crippen molar-refractivity contribution in [1.29, 1.82) is 0 Å². The number of aromatic nitrogens is 2. The first-order chi connectivity index (χ1) is 9.60. The van der Waals surface area contributed by atoms with E-state index in [9.17, 15) is 0 Å². The highest BCUT2D eigenvalue weighted by atomic mass is 79.9. The number of nitrogens with one attached hydrogen (secondary N) is 2. The Hall–Kier alpha value is -1.33. The molecule has 0 atom stereocenters. The van der Waals surface area contributed by atoms with Gasteiger partial charge < -0.3 is 10.6 Å². The molecule has 0 radical (unpaired) electrons.